The molecule has 0 aromatic carbocycles. The van der Waals surface area contributed by atoms with E-state index in [1.165, 1.54) is 0 Å². The summed E-state index contributed by atoms with van der Waals surface area (Å²) in [6.45, 7) is 0.850. The van der Waals surface area contributed by atoms with Gasteiger partial charge in [0.05, 0.1) is 12.6 Å². The van der Waals surface area contributed by atoms with Crippen LogP contribution in [0.2, 0.25) is 0 Å². The molecule has 0 bridgehead atoms. The van der Waals surface area contributed by atoms with E-state index in [0.29, 0.717) is 13.0 Å². The second-order valence-electron chi connectivity index (χ2n) is 3.83. The van der Waals surface area contributed by atoms with Gasteiger partial charge in [0.1, 0.15) is 6.54 Å². The molecular formula is C10H16N4O2. The van der Waals surface area contributed by atoms with Crippen molar-refractivity contribution in [2.45, 2.75) is 18.9 Å². The van der Waals surface area contributed by atoms with Crippen LogP contribution in [0.1, 0.15) is 12.8 Å². The summed E-state index contributed by atoms with van der Waals surface area (Å²) in [7, 11) is 1.76. The number of likely N-dealkylation sites (tertiary alicyclic amines) is 1. The van der Waals surface area contributed by atoms with Crippen LogP contribution in [-0.4, -0.2) is 49.4 Å². The highest BCUT2D eigenvalue weighted by molar-refractivity contribution is 5.78. The van der Waals surface area contributed by atoms with E-state index in [4.69, 9.17) is 5.26 Å². The van der Waals surface area contributed by atoms with Crippen molar-refractivity contribution < 1.29 is 9.59 Å². The SMILES string of the molecule is CN1CC(NCC(=O)NCC#N)CCC1=O. The van der Waals surface area contributed by atoms with E-state index in [1.807, 2.05) is 6.07 Å². The lowest BCUT2D eigenvalue weighted by atomic mass is 10.1. The summed E-state index contributed by atoms with van der Waals surface area (Å²) in [5.41, 5.74) is 0. The van der Waals surface area contributed by atoms with Crippen molar-refractivity contribution in [2.24, 2.45) is 0 Å². The maximum absolute atomic E-state index is 11.2. The van der Waals surface area contributed by atoms with Gasteiger partial charge in [-0.1, -0.05) is 0 Å². The van der Waals surface area contributed by atoms with Crippen molar-refractivity contribution in [1.29, 1.82) is 5.26 Å². The van der Waals surface area contributed by atoms with E-state index in [1.54, 1.807) is 11.9 Å². The number of likely N-dealkylation sites (N-methyl/N-ethyl adjacent to an activating group) is 1. The van der Waals surface area contributed by atoms with Gasteiger partial charge < -0.3 is 15.5 Å². The Hall–Kier alpha value is -1.61. The van der Waals surface area contributed by atoms with E-state index in [-0.39, 0.29) is 30.9 Å². The Morgan fingerprint density at radius 1 is 1.69 bits per heavy atom. The molecule has 1 unspecified atom stereocenters. The van der Waals surface area contributed by atoms with E-state index in [0.717, 1.165) is 6.42 Å². The van der Waals surface area contributed by atoms with Crippen molar-refractivity contribution >= 4 is 11.8 Å². The molecule has 0 aromatic heterocycles. The molecule has 1 aliphatic rings. The fourth-order valence-electron chi connectivity index (χ4n) is 1.62. The molecular weight excluding hydrogens is 208 g/mol. The zero-order valence-electron chi connectivity index (χ0n) is 9.32. The van der Waals surface area contributed by atoms with Gasteiger partial charge in [-0.15, -0.1) is 0 Å². The average Bonchev–Trinajstić information content (AvgIpc) is 2.28. The Morgan fingerprint density at radius 3 is 3.06 bits per heavy atom. The molecule has 1 atom stereocenters. The number of hydrogen-bond acceptors (Lipinski definition) is 4. The predicted octanol–water partition coefficient (Wildman–Crippen LogP) is -1.16. The van der Waals surface area contributed by atoms with Gasteiger partial charge in [0.2, 0.25) is 11.8 Å². The van der Waals surface area contributed by atoms with Crippen molar-refractivity contribution in [3.05, 3.63) is 0 Å². The summed E-state index contributed by atoms with van der Waals surface area (Å²) in [5.74, 6) is -0.0481. The largest absolute Gasteiger partial charge is 0.344 e. The number of nitrogens with one attached hydrogen (secondary N) is 2. The molecule has 2 N–H and O–H groups in total. The minimum atomic E-state index is -0.193. The molecule has 0 aliphatic carbocycles. The van der Waals surface area contributed by atoms with Crippen LogP contribution in [0.5, 0.6) is 0 Å². The van der Waals surface area contributed by atoms with Gasteiger partial charge in [0.25, 0.3) is 0 Å². The zero-order chi connectivity index (χ0) is 12.0. The highest BCUT2D eigenvalue weighted by Gasteiger charge is 2.22. The lowest BCUT2D eigenvalue weighted by Gasteiger charge is -2.30. The van der Waals surface area contributed by atoms with Crippen LogP contribution in [-0.2, 0) is 9.59 Å². The number of piperidine rings is 1. The zero-order valence-corrected chi connectivity index (χ0v) is 9.32. The first kappa shape index (κ1) is 12.5. The fourth-order valence-corrected chi connectivity index (χ4v) is 1.62. The van der Waals surface area contributed by atoms with Crippen molar-refractivity contribution in [3.8, 4) is 6.07 Å². The third-order valence-corrected chi connectivity index (χ3v) is 2.54. The first-order valence-corrected chi connectivity index (χ1v) is 5.24. The number of nitriles is 1. The Balaban J connectivity index is 2.21. The molecule has 0 radical (unpaired) electrons. The molecule has 16 heavy (non-hydrogen) atoms. The third-order valence-electron chi connectivity index (χ3n) is 2.54. The summed E-state index contributed by atoms with van der Waals surface area (Å²) in [5, 5.41) is 13.8. The van der Waals surface area contributed by atoms with Crippen LogP contribution in [0, 0.1) is 11.3 Å². The number of carbonyl (C=O) groups is 2. The number of rotatable bonds is 4. The van der Waals surface area contributed by atoms with E-state index < -0.39 is 0 Å². The van der Waals surface area contributed by atoms with E-state index in [9.17, 15) is 9.59 Å². The maximum atomic E-state index is 11.2. The number of nitrogens with zero attached hydrogens (tertiary/aromatic N) is 2. The van der Waals surface area contributed by atoms with Crippen LogP contribution in [0.25, 0.3) is 0 Å². The van der Waals surface area contributed by atoms with Gasteiger partial charge in [-0.2, -0.15) is 5.26 Å². The topological polar surface area (TPSA) is 85.2 Å². The maximum Gasteiger partial charge on any atom is 0.234 e. The highest BCUT2D eigenvalue weighted by atomic mass is 16.2. The second kappa shape index (κ2) is 6.08. The Kier molecular flexibility index (Phi) is 4.73. The Morgan fingerprint density at radius 2 is 2.44 bits per heavy atom. The molecule has 0 saturated carbocycles. The molecule has 6 nitrogen and oxygen atoms in total. The first-order chi connectivity index (χ1) is 7.63. The van der Waals surface area contributed by atoms with Crippen molar-refractivity contribution in [1.82, 2.24) is 15.5 Å². The summed E-state index contributed by atoms with van der Waals surface area (Å²) in [6.07, 6.45) is 1.28. The molecule has 1 heterocycles. The molecule has 88 valence electrons. The average molecular weight is 224 g/mol. The first-order valence-electron chi connectivity index (χ1n) is 5.24. The lowest BCUT2D eigenvalue weighted by molar-refractivity contribution is -0.132. The minimum absolute atomic E-state index is 0.0313. The molecule has 1 aliphatic heterocycles. The number of carbonyl (C=O) groups excluding carboxylic acids is 2. The number of amides is 2. The van der Waals surface area contributed by atoms with Gasteiger partial charge in [0, 0.05) is 26.1 Å². The van der Waals surface area contributed by atoms with Crippen LogP contribution in [0.15, 0.2) is 0 Å². The minimum Gasteiger partial charge on any atom is -0.344 e. The van der Waals surface area contributed by atoms with Crippen LogP contribution >= 0.6 is 0 Å². The third kappa shape index (κ3) is 3.87. The lowest BCUT2D eigenvalue weighted by Crippen LogP contribution is -2.49. The van der Waals surface area contributed by atoms with Gasteiger partial charge in [-0.05, 0) is 6.42 Å². The molecule has 0 aromatic rings. The monoisotopic (exact) mass is 224 g/mol. The summed E-state index contributed by atoms with van der Waals surface area (Å²) < 4.78 is 0. The summed E-state index contributed by atoms with van der Waals surface area (Å²) in [6, 6.07) is 2.00. The Labute approximate surface area is 94.6 Å². The quantitative estimate of drug-likeness (QED) is 0.590. The highest BCUT2D eigenvalue weighted by Crippen LogP contribution is 2.08. The summed E-state index contributed by atoms with van der Waals surface area (Å²) >= 11 is 0. The van der Waals surface area contributed by atoms with E-state index >= 15 is 0 Å². The summed E-state index contributed by atoms with van der Waals surface area (Å²) in [4.78, 5) is 24.0. The van der Waals surface area contributed by atoms with Crippen LogP contribution < -0.4 is 10.6 Å². The number of hydrogen-bond donors (Lipinski definition) is 2. The normalized spacial score (nSPS) is 20.4. The molecule has 2 amide bonds. The van der Waals surface area contributed by atoms with E-state index in [2.05, 4.69) is 10.6 Å². The molecule has 0 spiro atoms. The fraction of sp³-hybridized carbons (Fsp3) is 0.700. The van der Waals surface area contributed by atoms with Gasteiger partial charge in [-0.3, -0.25) is 9.59 Å². The molecule has 1 rings (SSSR count). The van der Waals surface area contributed by atoms with Gasteiger partial charge in [0.15, 0.2) is 0 Å². The van der Waals surface area contributed by atoms with Crippen molar-refractivity contribution in [2.75, 3.05) is 26.7 Å². The van der Waals surface area contributed by atoms with Gasteiger partial charge in [-0.25, -0.2) is 0 Å². The predicted molar refractivity (Wildman–Crippen MR) is 57.3 cm³/mol. The standard InChI is InChI=1S/C10H16N4O2/c1-14-7-8(2-3-10(14)16)13-6-9(15)12-5-4-11/h8,13H,2-3,5-7H2,1H3,(H,12,15). The van der Waals surface area contributed by atoms with Crippen molar-refractivity contribution in [3.63, 3.8) is 0 Å². The Bertz CT molecular complexity index is 310. The van der Waals surface area contributed by atoms with Gasteiger partial charge >= 0.3 is 0 Å². The molecule has 1 saturated heterocycles. The van der Waals surface area contributed by atoms with Crippen LogP contribution in [0.4, 0.5) is 0 Å². The molecule has 1 fully saturated rings. The smallest absolute Gasteiger partial charge is 0.234 e. The van der Waals surface area contributed by atoms with Crippen LogP contribution in [0.3, 0.4) is 0 Å². The second-order valence-corrected chi connectivity index (χ2v) is 3.83. The molecule has 6 heteroatoms.